The van der Waals surface area contributed by atoms with Crippen molar-refractivity contribution in [1.82, 2.24) is 20.1 Å². The van der Waals surface area contributed by atoms with Gasteiger partial charge in [0.15, 0.2) is 0 Å². The zero-order chi connectivity index (χ0) is 14.8. The maximum absolute atomic E-state index is 4.51. The Hall–Kier alpha value is -1.33. The maximum Gasteiger partial charge on any atom is 0.102 e. The molecule has 4 nitrogen and oxygen atoms in total. The number of rotatable bonds is 4. The monoisotopic (exact) mass is 290 g/mol. The molecule has 2 heterocycles. The highest BCUT2D eigenvalue weighted by molar-refractivity contribution is 7.99. The summed E-state index contributed by atoms with van der Waals surface area (Å²) in [4.78, 5) is 4.51. The molecule has 2 rings (SSSR count). The number of aryl methyl sites for hydroxylation is 2. The van der Waals surface area contributed by atoms with Crippen LogP contribution in [0.3, 0.4) is 0 Å². The van der Waals surface area contributed by atoms with Crippen LogP contribution in [-0.2, 0) is 13.6 Å². The van der Waals surface area contributed by atoms with E-state index in [1.165, 1.54) is 5.56 Å². The van der Waals surface area contributed by atoms with Gasteiger partial charge in [-0.3, -0.25) is 4.68 Å². The molecule has 5 heteroatoms. The summed E-state index contributed by atoms with van der Waals surface area (Å²) in [5, 5.41) is 9.90. The Labute approximate surface area is 125 Å². The fourth-order valence-electron chi connectivity index (χ4n) is 1.73. The Morgan fingerprint density at radius 3 is 2.55 bits per heavy atom. The van der Waals surface area contributed by atoms with Gasteiger partial charge in [-0.2, -0.15) is 5.10 Å². The van der Waals surface area contributed by atoms with Crippen molar-refractivity contribution in [2.75, 3.05) is 0 Å². The molecule has 0 bridgehead atoms. The predicted molar refractivity (Wildman–Crippen MR) is 82.9 cm³/mol. The molecule has 108 valence electrons. The van der Waals surface area contributed by atoms with Crippen molar-refractivity contribution in [1.29, 1.82) is 0 Å². The van der Waals surface area contributed by atoms with Gasteiger partial charge in [0, 0.05) is 25.3 Å². The number of hydrogen-bond donors (Lipinski definition) is 1. The number of hydrogen-bond acceptors (Lipinski definition) is 4. The van der Waals surface area contributed by atoms with Crippen LogP contribution in [0.1, 0.15) is 32.0 Å². The van der Waals surface area contributed by atoms with E-state index in [-0.39, 0.29) is 5.54 Å². The van der Waals surface area contributed by atoms with Crippen molar-refractivity contribution in [3.05, 3.63) is 35.7 Å². The zero-order valence-electron chi connectivity index (χ0n) is 12.8. The lowest BCUT2D eigenvalue weighted by atomic mass is 10.1. The van der Waals surface area contributed by atoms with Gasteiger partial charge >= 0.3 is 0 Å². The van der Waals surface area contributed by atoms with Gasteiger partial charge in [0.1, 0.15) is 10.1 Å². The number of pyridine rings is 1. The second-order valence-electron chi connectivity index (χ2n) is 5.96. The smallest absolute Gasteiger partial charge is 0.102 e. The van der Waals surface area contributed by atoms with Gasteiger partial charge in [0.05, 0.1) is 5.69 Å². The molecule has 0 unspecified atom stereocenters. The summed E-state index contributed by atoms with van der Waals surface area (Å²) < 4.78 is 1.89. The molecule has 0 atom stereocenters. The molecular formula is C15H22N4S. The van der Waals surface area contributed by atoms with E-state index in [1.807, 2.05) is 24.9 Å². The Morgan fingerprint density at radius 1 is 1.30 bits per heavy atom. The SMILES string of the molecule is Cc1cc(Sc2ccc(CNC(C)(C)C)cn2)n(C)n1. The molecule has 0 radical (unpaired) electrons. The van der Waals surface area contributed by atoms with Crippen molar-refractivity contribution < 1.29 is 0 Å². The van der Waals surface area contributed by atoms with Crippen LogP contribution >= 0.6 is 11.8 Å². The van der Waals surface area contributed by atoms with Gasteiger partial charge < -0.3 is 5.32 Å². The Morgan fingerprint density at radius 2 is 2.05 bits per heavy atom. The quantitative estimate of drug-likeness (QED) is 0.939. The Balaban J connectivity index is 2.00. The molecule has 0 aliphatic heterocycles. The lowest BCUT2D eigenvalue weighted by molar-refractivity contribution is 0.424. The minimum atomic E-state index is 0.125. The van der Waals surface area contributed by atoms with E-state index in [2.05, 4.69) is 54.4 Å². The normalized spacial score (nSPS) is 11.8. The highest BCUT2D eigenvalue weighted by Crippen LogP contribution is 2.26. The molecule has 2 aromatic heterocycles. The fraction of sp³-hybridized carbons (Fsp3) is 0.467. The van der Waals surface area contributed by atoms with Crippen molar-refractivity contribution in [3.63, 3.8) is 0 Å². The first kappa shape index (κ1) is 15.1. The van der Waals surface area contributed by atoms with E-state index in [0.29, 0.717) is 0 Å². The van der Waals surface area contributed by atoms with Crippen LogP contribution in [0.4, 0.5) is 0 Å². The first-order valence-electron chi connectivity index (χ1n) is 6.72. The number of nitrogens with one attached hydrogen (secondary N) is 1. The standard InChI is InChI=1S/C15H22N4S/c1-11-8-14(19(5)18-11)20-13-7-6-12(9-16-13)10-17-15(2,3)4/h6-9,17H,10H2,1-5H3. The van der Waals surface area contributed by atoms with E-state index in [0.717, 1.165) is 22.3 Å². The van der Waals surface area contributed by atoms with E-state index in [9.17, 15) is 0 Å². The van der Waals surface area contributed by atoms with Crippen LogP contribution in [0.15, 0.2) is 34.4 Å². The third-order valence-corrected chi connectivity index (χ3v) is 3.83. The van der Waals surface area contributed by atoms with Crippen molar-refractivity contribution in [2.24, 2.45) is 7.05 Å². The highest BCUT2D eigenvalue weighted by Gasteiger charge is 2.09. The molecule has 1 N–H and O–H groups in total. The summed E-state index contributed by atoms with van der Waals surface area (Å²) in [6.45, 7) is 9.32. The van der Waals surface area contributed by atoms with Crippen LogP contribution in [0.2, 0.25) is 0 Å². The largest absolute Gasteiger partial charge is 0.308 e. The van der Waals surface area contributed by atoms with Crippen LogP contribution in [-0.4, -0.2) is 20.3 Å². The summed E-state index contributed by atoms with van der Waals surface area (Å²) >= 11 is 1.64. The van der Waals surface area contributed by atoms with Gasteiger partial charge in [-0.05, 0) is 45.4 Å². The molecule has 0 aliphatic carbocycles. The van der Waals surface area contributed by atoms with Crippen LogP contribution in [0.5, 0.6) is 0 Å². The molecule has 20 heavy (non-hydrogen) atoms. The topological polar surface area (TPSA) is 42.7 Å². The second-order valence-corrected chi connectivity index (χ2v) is 7.00. The summed E-state index contributed by atoms with van der Waals surface area (Å²) in [5.41, 5.74) is 2.35. The third kappa shape index (κ3) is 4.35. The van der Waals surface area contributed by atoms with Crippen LogP contribution < -0.4 is 5.32 Å². The average molecular weight is 290 g/mol. The van der Waals surface area contributed by atoms with Gasteiger partial charge in [0.2, 0.25) is 0 Å². The summed E-state index contributed by atoms with van der Waals surface area (Å²) in [7, 11) is 1.96. The molecule has 0 fully saturated rings. The lowest BCUT2D eigenvalue weighted by Crippen LogP contribution is -2.35. The van der Waals surface area contributed by atoms with Crippen molar-refractivity contribution in [2.45, 2.75) is 49.8 Å². The first-order valence-corrected chi connectivity index (χ1v) is 7.53. The fourth-order valence-corrected chi connectivity index (χ4v) is 2.59. The van der Waals surface area contributed by atoms with E-state index in [1.54, 1.807) is 11.8 Å². The maximum atomic E-state index is 4.51. The van der Waals surface area contributed by atoms with Gasteiger partial charge in [-0.15, -0.1) is 0 Å². The molecule has 0 saturated carbocycles. The van der Waals surface area contributed by atoms with E-state index < -0.39 is 0 Å². The van der Waals surface area contributed by atoms with Gasteiger partial charge in [0.25, 0.3) is 0 Å². The van der Waals surface area contributed by atoms with E-state index >= 15 is 0 Å². The minimum Gasteiger partial charge on any atom is -0.308 e. The molecule has 2 aromatic rings. The zero-order valence-corrected chi connectivity index (χ0v) is 13.6. The molecule has 0 aliphatic rings. The first-order chi connectivity index (χ1) is 9.33. The molecule has 0 spiro atoms. The average Bonchev–Trinajstić information content (AvgIpc) is 2.66. The number of nitrogens with zero attached hydrogens (tertiary/aromatic N) is 3. The van der Waals surface area contributed by atoms with E-state index in [4.69, 9.17) is 0 Å². The summed E-state index contributed by atoms with van der Waals surface area (Å²) in [5.74, 6) is 0. The third-order valence-electron chi connectivity index (χ3n) is 2.79. The number of aromatic nitrogens is 3. The minimum absolute atomic E-state index is 0.125. The second kappa shape index (κ2) is 5.97. The van der Waals surface area contributed by atoms with Crippen molar-refractivity contribution >= 4 is 11.8 Å². The van der Waals surface area contributed by atoms with Crippen LogP contribution in [0.25, 0.3) is 0 Å². The summed E-state index contributed by atoms with van der Waals surface area (Å²) in [6, 6.07) is 6.26. The predicted octanol–water partition coefficient (Wildman–Crippen LogP) is 3.16. The molecule has 0 saturated heterocycles. The summed E-state index contributed by atoms with van der Waals surface area (Å²) in [6.07, 6.45) is 1.93. The van der Waals surface area contributed by atoms with Gasteiger partial charge in [-0.25, -0.2) is 4.98 Å². The van der Waals surface area contributed by atoms with Crippen molar-refractivity contribution in [3.8, 4) is 0 Å². The Bertz CT molecular complexity index is 567. The molecular weight excluding hydrogens is 268 g/mol. The lowest BCUT2D eigenvalue weighted by Gasteiger charge is -2.20. The Kier molecular flexibility index (Phi) is 4.50. The van der Waals surface area contributed by atoms with Crippen LogP contribution in [0, 0.1) is 6.92 Å². The highest BCUT2D eigenvalue weighted by atomic mass is 32.2. The molecule has 0 amide bonds. The van der Waals surface area contributed by atoms with Gasteiger partial charge in [-0.1, -0.05) is 17.8 Å². The molecule has 0 aromatic carbocycles.